The Hall–Kier alpha value is -1.06. The van der Waals surface area contributed by atoms with Gasteiger partial charge in [-0.25, -0.2) is 0 Å². The molecule has 4 nitrogen and oxygen atoms in total. The molecule has 1 unspecified atom stereocenters. The topological polar surface area (TPSA) is 66.4 Å². The van der Waals surface area contributed by atoms with Gasteiger partial charge in [-0.3, -0.25) is 9.59 Å². The van der Waals surface area contributed by atoms with E-state index in [-0.39, 0.29) is 24.8 Å². The van der Waals surface area contributed by atoms with Gasteiger partial charge < -0.3 is 10.4 Å². The smallest absolute Gasteiger partial charge is 0.303 e. The Kier molecular flexibility index (Phi) is 6.21. The van der Waals surface area contributed by atoms with Gasteiger partial charge in [0.15, 0.2) is 0 Å². The number of rotatable bonds is 7. The second-order valence-corrected chi connectivity index (χ2v) is 6.01. The van der Waals surface area contributed by atoms with E-state index in [1.807, 2.05) is 6.92 Å². The molecular formula is C13H25NO3. The molecule has 0 heterocycles. The minimum Gasteiger partial charge on any atom is -0.481 e. The number of amides is 1. The summed E-state index contributed by atoms with van der Waals surface area (Å²) in [7, 11) is 0. The van der Waals surface area contributed by atoms with Gasteiger partial charge in [0.2, 0.25) is 5.91 Å². The highest BCUT2D eigenvalue weighted by molar-refractivity contribution is 5.78. The van der Waals surface area contributed by atoms with Crippen LogP contribution in [0.2, 0.25) is 0 Å². The van der Waals surface area contributed by atoms with Crippen molar-refractivity contribution >= 4 is 11.9 Å². The average molecular weight is 243 g/mol. The lowest BCUT2D eigenvalue weighted by molar-refractivity contribution is -0.139. The summed E-state index contributed by atoms with van der Waals surface area (Å²) >= 11 is 0. The van der Waals surface area contributed by atoms with E-state index in [1.54, 1.807) is 13.8 Å². The highest BCUT2D eigenvalue weighted by Crippen LogP contribution is 2.24. The van der Waals surface area contributed by atoms with Crippen LogP contribution in [0.5, 0.6) is 0 Å². The van der Waals surface area contributed by atoms with Crippen molar-refractivity contribution in [1.29, 1.82) is 0 Å². The highest BCUT2D eigenvalue weighted by atomic mass is 16.4. The van der Waals surface area contributed by atoms with Crippen molar-refractivity contribution in [1.82, 2.24) is 5.32 Å². The minimum atomic E-state index is -0.863. The van der Waals surface area contributed by atoms with E-state index < -0.39 is 11.4 Å². The summed E-state index contributed by atoms with van der Waals surface area (Å²) in [6.07, 6.45) is 1.20. The van der Waals surface area contributed by atoms with E-state index in [0.29, 0.717) is 5.92 Å². The molecule has 0 aromatic rings. The predicted octanol–water partition coefficient (Wildman–Crippen LogP) is 2.43. The molecule has 0 radical (unpaired) electrons. The number of carboxylic acids is 1. The molecule has 0 rings (SSSR count). The SMILES string of the molecule is CC(C)CC(C)NC(=O)CC(C)(C)CC(=O)O. The fraction of sp³-hybridized carbons (Fsp3) is 0.846. The van der Waals surface area contributed by atoms with E-state index >= 15 is 0 Å². The summed E-state index contributed by atoms with van der Waals surface area (Å²) in [6, 6.07) is 0.142. The summed E-state index contributed by atoms with van der Waals surface area (Å²) in [4.78, 5) is 22.4. The first kappa shape index (κ1) is 15.9. The molecule has 0 aromatic carbocycles. The zero-order valence-electron chi connectivity index (χ0n) is 11.5. The molecule has 4 heteroatoms. The molecule has 17 heavy (non-hydrogen) atoms. The van der Waals surface area contributed by atoms with Gasteiger partial charge in [-0.15, -0.1) is 0 Å². The molecule has 0 aliphatic carbocycles. The maximum Gasteiger partial charge on any atom is 0.303 e. The van der Waals surface area contributed by atoms with Crippen LogP contribution in [0, 0.1) is 11.3 Å². The first-order valence-electron chi connectivity index (χ1n) is 6.13. The van der Waals surface area contributed by atoms with Gasteiger partial charge in [0, 0.05) is 12.5 Å². The van der Waals surface area contributed by atoms with Crippen molar-refractivity contribution in [3.63, 3.8) is 0 Å². The number of carbonyl (C=O) groups excluding carboxylic acids is 1. The van der Waals surface area contributed by atoms with Crippen LogP contribution in [0.1, 0.15) is 53.9 Å². The van der Waals surface area contributed by atoms with Gasteiger partial charge in [0.1, 0.15) is 0 Å². The number of hydrogen-bond donors (Lipinski definition) is 2. The van der Waals surface area contributed by atoms with Crippen LogP contribution < -0.4 is 5.32 Å². The van der Waals surface area contributed by atoms with Crippen LogP contribution >= 0.6 is 0 Å². The Morgan fingerprint density at radius 1 is 1.18 bits per heavy atom. The number of hydrogen-bond acceptors (Lipinski definition) is 2. The van der Waals surface area contributed by atoms with E-state index in [9.17, 15) is 9.59 Å². The quantitative estimate of drug-likeness (QED) is 0.721. The molecule has 0 aromatic heterocycles. The molecule has 2 N–H and O–H groups in total. The molecule has 0 aliphatic rings. The second kappa shape index (κ2) is 6.62. The third kappa shape index (κ3) is 8.72. The third-order valence-corrected chi connectivity index (χ3v) is 2.50. The maximum absolute atomic E-state index is 11.7. The lowest BCUT2D eigenvalue weighted by Gasteiger charge is -2.23. The normalized spacial score (nSPS) is 13.5. The predicted molar refractivity (Wildman–Crippen MR) is 67.7 cm³/mol. The largest absolute Gasteiger partial charge is 0.481 e. The van der Waals surface area contributed by atoms with Crippen LogP contribution in [0.4, 0.5) is 0 Å². The van der Waals surface area contributed by atoms with Crippen molar-refractivity contribution in [2.24, 2.45) is 11.3 Å². The molecule has 0 fully saturated rings. The van der Waals surface area contributed by atoms with Crippen molar-refractivity contribution in [3.8, 4) is 0 Å². The lowest BCUT2D eigenvalue weighted by Crippen LogP contribution is -2.36. The molecule has 0 saturated carbocycles. The Morgan fingerprint density at radius 2 is 1.71 bits per heavy atom. The van der Waals surface area contributed by atoms with E-state index in [0.717, 1.165) is 6.42 Å². The van der Waals surface area contributed by atoms with Gasteiger partial charge in [0.25, 0.3) is 0 Å². The second-order valence-electron chi connectivity index (χ2n) is 6.01. The summed E-state index contributed by atoms with van der Waals surface area (Å²) < 4.78 is 0. The van der Waals surface area contributed by atoms with Crippen LogP contribution in [0.15, 0.2) is 0 Å². The number of carbonyl (C=O) groups is 2. The summed E-state index contributed by atoms with van der Waals surface area (Å²) in [5, 5.41) is 11.6. The molecule has 0 spiro atoms. The van der Waals surface area contributed by atoms with Crippen molar-refractivity contribution in [3.05, 3.63) is 0 Å². The van der Waals surface area contributed by atoms with Crippen molar-refractivity contribution < 1.29 is 14.7 Å². The molecule has 0 bridgehead atoms. The molecule has 0 saturated heterocycles. The van der Waals surface area contributed by atoms with Gasteiger partial charge in [-0.05, 0) is 24.7 Å². The summed E-state index contributed by atoms with van der Waals surface area (Å²) in [5.74, 6) is -0.389. The van der Waals surface area contributed by atoms with E-state index in [4.69, 9.17) is 5.11 Å². The highest BCUT2D eigenvalue weighted by Gasteiger charge is 2.25. The first-order chi connectivity index (χ1) is 7.62. The van der Waals surface area contributed by atoms with Gasteiger partial charge >= 0.3 is 5.97 Å². The number of carboxylic acid groups (broad SMARTS) is 1. The average Bonchev–Trinajstić information content (AvgIpc) is 1.95. The van der Waals surface area contributed by atoms with Crippen molar-refractivity contribution in [2.75, 3.05) is 0 Å². The molecule has 1 atom stereocenters. The van der Waals surface area contributed by atoms with E-state index in [2.05, 4.69) is 19.2 Å². The van der Waals surface area contributed by atoms with Crippen LogP contribution in [-0.4, -0.2) is 23.0 Å². The van der Waals surface area contributed by atoms with Crippen LogP contribution in [0.3, 0.4) is 0 Å². The van der Waals surface area contributed by atoms with E-state index in [1.165, 1.54) is 0 Å². The molecule has 0 aliphatic heterocycles. The Balaban J connectivity index is 4.12. The fourth-order valence-electron chi connectivity index (χ4n) is 2.00. The fourth-order valence-corrected chi connectivity index (χ4v) is 2.00. The minimum absolute atomic E-state index is 0.0129. The standard InChI is InChI=1S/C13H25NO3/c1-9(2)6-10(3)14-11(15)7-13(4,5)8-12(16)17/h9-10H,6-8H2,1-5H3,(H,14,15)(H,16,17). The van der Waals surface area contributed by atoms with Gasteiger partial charge in [-0.2, -0.15) is 0 Å². The van der Waals surface area contributed by atoms with Crippen molar-refractivity contribution in [2.45, 2.75) is 59.9 Å². The number of aliphatic carboxylic acids is 1. The van der Waals surface area contributed by atoms with Crippen LogP contribution in [-0.2, 0) is 9.59 Å². The summed E-state index contributed by atoms with van der Waals surface area (Å²) in [6.45, 7) is 9.79. The molecule has 1 amide bonds. The Bertz CT molecular complexity index is 272. The lowest BCUT2D eigenvalue weighted by atomic mass is 9.85. The van der Waals surface area contributed by atoms with Gasteiger partial charge in [0.05, 0.1) is 6.42 Å². The van der Waals surface area contributed by atoms with Gasteiger partial charge in [-0.1, -0.05) is 27.7 Å². The Labute approximate surface area is 104 Å². The monoisotopic (exact) mass is 243 g/mol. The molecular weight excluding hydrogens is 218 g/mol. The molecule has 100 valence electrons. The number of nitrogens with one attached hydrogen (secondary N) is 1. The van der Waals surface area contributed by atoms with Crippen LogP contribution in [0.25, 0.3) is 0 Å². The third-order valence-electron chi connectivity index (χ3n) is 2.50. The maximum atomic E-state index is 11.7. The zero-order valence-corrected chi connectivity index (χ0v) is 11.5. The zero-order chi connectivity index (χ0) is 13.6. The first-order valence-corrected chi connectivity index (χ1v) is 6.13. The summed E-state index contributed by atoms with van der Waals surface area (Å²) in [5.41, 5.74) is -0.493. The Morgan fingerprint density at radius 3 is 2.12 bits per heavy atom.